The van der Waals surface area contributed by atoms with Crippen LogP contribution in [0.3, 0.4) is 0 Å². The van der Waals surface area contributed by atoms with Gasteiger partial charge in [-0.3, -0.25) is 0 Å². The van der Waals surface area contributed by atoms with Crippen molar-refractivity contribution < 1.29 is 0 Å². The standard InChI is InChI=1S/C29H28/c1-21-15-17-27(19-23(21)3)29(25-11-7-5-8-12-25,26-13-9-6-10-14-26)28-18-16-22(2)24(4)20-28/h5-20H,1-4H3. The summed E-state index contributed by atoms with van der Waals surface area (Å²) in [4.78, 5) is 0. The molecule has 0 aliphatic carbocycles. The van der Waals surface area contributed by atoms with Crippen LogP contribution in [0.1, 0.15) is 44.5 Å². The maximum atomic E-state index is 2.37. The lowest BCUT2D eigenvalue weighted by Gasteiger charge is -2.37. The van der Waals surface area contributed by atoms with Crippen LogP contribution in [-0.2, 0) is 5.41 Å². The highest BCUT2D eigenvalue weighted by Gasteiger charge is 2.38. The lowest BCUT2D eigenvalue weighted by molar-refractivity contribution is 0.742. The van der Waals surface area contributed by atoms with Crippen LogP contribution in [0.5, 0.6) is 0 Å². The number of benzene rings is 4. The third-order valence-electron chi connectivity index (χ3n) is 6.29. The first-order chi connectivity index (χ1) is 14.0. The molecule has 4 aromatic rings. The molecule has 0 unspecified atom stereocenters. The van der Waals surface area contributed by atoms with Gasteiger partial charge in [0.25, 0.3) is 0 Å². The predicted octanol–water partition coefficient (Wildman–Crippen LogP) is 7.30. The summed E-state index contributed by atoms with van der Waals surface area (Å²) in [5.41, 5.74) is 10.1. The van der Waals surface area contributed by atoms with Crippen LogP contribution in [0.15, 0.2) is 97.1 Å². The van der Waals surface area contributed by atoms with Gasteiger partial charge in [-0.25, -0.2) is 0 Å². The summed E-state index contributed by atoms with van der Waals surface area (Å²) in [5, 5.41) is 0. The van der Waals surface area contributed by atoms with Crippen molar-refractivity contribution in [3.8, 4) is 0 Å². The lowest BCUT2D eigenvalue weighted by Crippen LogP contribution is -2.31. The zero-order valence-electron chi connectivity index (χ0n) is 17.7. The summed E-state index contributed by atoms with van der Waals surface area (Å²) < 4.78 is 0. The molecule has 0 radical (unpaired) electrons. The van der Waals surface area contributed by atoms with Gasteiger partial charge in [0.1, 0.15) is 0 Å². The molecule has 0 amide bonds. The van der Waals surface area contributed by atoms with E-state index >= 15 is 0 Å². The zero-order valence-corrected chi connectivity index (χ0v) is 17.7. The van der Waals surface area contributed by atoms with Gasteiger partial charge in [-0.05, 0) is 72.2 Å². The summed E-state index contributed by atoms with van der Waals surface area (Å²) in [5.74, 6) is 0. The first-order valence-corrected chi connectivity index (χ1v) is 10.3. The number of aryl methyl sites for hydroxylation is 4. The van der Waals surface area contributed by atoms with Crippen LogP contribution in [0.2, 0.25) is 0 Å². The molecule has 4 aromatic carbocycles. The maximum Gasteiger partial charge on any atom is 0.0701 e. The molecule has 0 saturated carbocycles. The van der Waals surface area contributed by atoms with Crippen LogP contribution in [0.25, 0.3) is 0 Å². The Morgan fingerprint density at radius 3 is 1.10 bits per heavy atom. The van der Waals surface area contributed by atoms with E-state index < -0.39 is 0 Å². The molecule has 0 spiro atoms. The first-order valence-electron chi connectivity index (χ1n) is 10.3. The van der Waals surface area contributed by atoms with Crippen LogP contribution in [0, 0.1) is 27.7 Å². The Morgan fingerprint density at radius 2 is 0.759 bits per heavy atom. The average Bonchev–Trinajstić information content (AvgIpc) is 2.75. The molecule has 0 saturated heterocycles. The molecule has 29 heavy (non-hydrogen) atoms. The zero-order chi connectivity index (χ0) is 20.4. The minimum absolute atomic E-state index is 0.362. The topological polar surface area (TPSA) is 0 Å². The van der Waals surface area contributed by atoms with Crippen molar-refractivity contribution in [1.82, 2.24) is 0 Å². The van der Waals surface area contributed by atoms with Crippen LogP contribution >= 0.6 is 0 Å². The van der Waals surface area contributed by atoms with E-state index in [0.717, 1.165) is 0 Å². The summed E-state index contributed by atoms with van der Waals surface area (Å²) >= 11 is 0. The molecule has 0 fully saturated rings. The van der Waals surface area contributed by atoms with Crippen LogP contribution in [-0.4, -0.2) is 0 Å². The van der Waals surface area contributed by atoms with Crippen LogP contribution < -0.4 is 0 Å². The highest BCUT2D eigenvalue weighted by molar-refractivity contribution is 5.61. The van der Waals surface area contributed by atoms with Gasteiger partial charge in [0.05, 0.1) is 5.41 Å². The van der Waals surface area contributed by atoms with E-state index in [4.69, 9.17) is 0 Å². The van der Waals surface area contributed by atoms with E-state index in [1.165, 1.54) is 44.5 Å². The largest absolute Gasteiger partial charge is 0.0701 e. The van der Waals surface area contributed by atoms with E-state index in [1.807, 2.05) is 0 Å². The molecule has 0 aliphatic rings. The third kappa shape index (κ3) is 3.29. The maximum absolute atomic E-state index is 2.37. The summed E-state index contributed by atoms with van der Waals surface area (Å²) in [7, 11) is 0. The highest BCUT2D eigenvalue weighted by Crippen LogP contribution is 2.45. The van der Waals surface area contributed by atoms with Gasteiger partial charge in [0.15, 0.2) is 0 Å². The van der Waals surface area contributed by atoms with Crippen molar-refractivity contribution >= 4 is 0 Å². The van der Waals surface area contributed by atoms with E-state index in [1.54, 1.807) is 0 Å². The molecule has 0 nitrogen and oxygen atoms in total. The van der Waals surface area contributed by atoms with Gasteiger partial charge in [-0.1, -0.05) is 97.1 Å². The monoisotopic (exact) mass is 376 g/mol. The molecule has 0 heteroatoms. The minimum Gasteiger partial charge on any atom is -0.0622 e. The first kappa shape index (κ1) is 19.2. The molecule has 0 aliphatic heterocycles. The molecular weight excluding hydrogens is 348 g/mol. The fraction of sp³-hybridized carbons (Fsp3) is 0.172. The van der Waals surface area contributed by atoms with Crippen molar-refractivity contribution in [3.63, 3.8) is 0 Å². The summed E-state index contributed by atoms with van der Waals surface area (Å²) in [6.45, 7) is 8.78. The second-order valence-electron chi connectivity index (χ2n) is 8.08. The lowest BCUT2D eigenvalue weighted by atomic mass is 9.64. The molecule has 4 rings (SSSR count). The van der Waals surface area contributed by atoms with Crippen molar-refractivity contribution in [3.05, 3.63) is 142 Å². The van der Waals surface area contributed by atoms with Crippen LogP contribution in [0.4, 0.5) is 0 Å². The number of hydrogen-bond donors (Lipinski definition) is 0. The highest BCUT2D eigenvalue weighted by atomic mass is 14.4. The predicted molar refractivity (Wildman–Crippen MR) is 124 cm³/mol. The minimum atomic E-state index is -0.362. The van der Waals surface area contributed by atoms with E-state index in [-0.39, 0.29) is 5.41 Å². The Bertz CT molecular complexity index is 1030. The molecule has 144 valence electrons. The fourth-order valence-electron chi connectivity index (χ4n) is 4.33. The van der Waals surface area contributed by atoms with Crippen molar-refractivity contribution in [2.24, 2.45) is 0 Å². The molecule has 0 aromatic heterocycles. The van der Waals surface area contributed by atoms with Gasteiger partial charge >= 0.3 is 0 Å². The average molecular weight is 377 g/mol. The van der Waals surface area contributed by atoms with Gasteiger partial charge in [0.2, 0.25) is 0 Å². The Balaban J connectivity index is 2.16. The van der Waals surface area contributed by atoms with Gasteiger partial charge in [-0.15, -0.1) is 0 Å². The SMILES string of the molecule is Cc1ccc(C(c2ccccc2)(c2ccccc2)c2ccc(C)c(C)c2)cc1C. The molecular formula is C29H28. The van der Waals surface area contributed by atoms with Gasteiger partial charge in [-0.2, -0.15) is 0 Å². The van der Waals surface area contributed by atoms with Crippen molar-refractivity contribution in [2.45, 2.75) is 33.1 Å². The Hall–Kier alpha value is -3.12. The van der Waals surface area contributed by atoms with Crippen molar-refractivity contribution in [2.75, 3.05) is 0 Å². The normalized spacial score (nSPS) is 11.4. The smallest absolute Gasteiger partial charge is 0.0622 e. The second kappa shape index (κ2) is 7.72. The number of rotatable bonds is 4. The second-order valence-corrected chi connectivity index (χ2v) is 8.08. The van der Waals surface area contributed by atoms with Crippen molar-refractivity contribution in [1.29, 1.82) is 0 Å². The molecule has 0 atom stereocenters. The Kier molecular flexibility index (Phi) is 5.11. The molecule has 0 heterocycles. The Labute approximate surface area is 174 Å². The number of hydrogen-bond acceptors (Lipinski definition) is 0. The summed E-state index contributed by atoms with van der Waals surface area (Å²) in [6, 6.07) is 35.7. The van der Waals surface area contributed by atoms with E-state index in [0.29, 0.717) is 0 Å². The third-order valence-corrected chi connectivity index (χ3v) is 6.29. The fourth-order valence-corrected chi connectivity index (χ4v) is 4.33. The Morgan fingerprint density at radius 1 is 0.379 bits per heavy atom. The van der Waals surface area contributed by atoms with Gasteiger partial charge in [0, 0.05) is 0 Å². The summed E-state index contributed by atoms with van der Waals surface area (Å²) in [6.07, 6.45) is 0. The molecule has 0 bridgehead atoms. The van der Waals surface area contributed by atoms with E-state index in [2.05, 4.69) is 125 Å². The quantitative estimate of drug-likeness (QED) is 0.328. The van der Waals surface area contributed by atoms with E-state index in [9.17, 15) is 0 Å². The molecule has 0 N–H and O–H groups in total. The van der Waals surface area contributed by atoms with Gasteiger partial charge < -0.3 is 0 Å².